The Kier molecular flexibility index (Phi) is 8.85. The number of benzene rings is 9. The molecule has 0 spiro atoms. The third kappa shape index (κ3) is 5.79. The maximum atomic E-state index is 5.15. The van der Waals surface area contributed by atoms with E-state index in [-0.39, 0.29) is 0 Å². The second kappa shape index (κ2) is 15.3. The number of fused-ring (bicyclic) bond motifs is 9. The van der Waals surface area contributed by atoms with Gasteiger partial charge in [0.1, 0.15) is 0 Å². The molecular formula is C65H44N2. The summed E-state index contributed by atoms with van der Waals surface area (Å²) in [6, 6.07) is 75.8. The summed E-state index contributed by atoms with van der Waals surface area (Å²) < 4.78 is 2.41. The van der Waals surface area contributed by atoms with Crippen LogP contribution >= 0.6 is 0 Å². The van der Waals surface area contributed by atoms with Crippen molar-refractivity contribution in [3.05, 3.63) is 266 Å². The van der Waals surface area contributed by atoms with Gasteiger partial charge in [-0.25, -0.2) is 0 Å². The van der Waals surface area contributed by atoms with E-state index >= 15 is 0 Å². The Morgan fingerprint density at radius 3 is 1.85 bits per heavy atom. The lowest BCUT2D eigenvalue weighted by atomic mass is 9.67. The van der Waals surface area contributed by atoms with Gasteiger partial charge in [-0.2, -0.15) is 0 Å². The molecule has 2 heterocycles. The van der Waals surface area contributed by atoms with E-state index in [0.717, 1.165) is 33.6 Å². The summed E-state index contributed by atoms with van der Waals surface area (Å²) >= 11 is 0. The van der Waals surface area contributed by atoms with E-state index < -0.39 is 5.41 Å². The summed E-state index contributed by atoms with van der Waals surface area (Å²) in [5.41, 5.74) is 22.0. The van der Waals surface area contributed by atoms with Crippen LogP contribution in [0.3, 0.4) is 0 Å². The predicted octanol–water partition coefficient (Wildman–Crippen LogP) is 17.0. The topological polar surface area (TPSA) is 17.8 Å². The first-order chi connectivity index (χ1) is 33.1. The van der Waals surface area contributed by atoms with Crippen molar-refractivity contribution in [1.29, 1.82) is 0 Å². The number of aromatic nitrogens is 2. The van der Waals surface area contributed by atoms with Gasteiger partial charge in [0.2, 0.25) is 0 Å². The average Bonchev–Trinajstić information content (AvgIpc) is 4.01. The van der Waals surface area contributed by atoms with Crippen LogP contribution in [-0.2, 0) is 5.41 Å². The molecule has 2 aromatic heterocycles. The van der Waals surface area contributed by atoms with E-state index in [4.69, 9.17) is 11.6 Å². The number of hydrogen-bond acceptors (Lipinski definition) is 1. The second-order valence-electron chi connectivity index (χ2n) is 17.8. The largest absolute Gasteiger partial charge is 0.309 e. The summed E-state index contributed by atoms with van der Waals surface area (Å²) in [6.07, 6.45) is 10.5. The fraction of sp³-hybridized carbons (Fsp3) is 0.0308. The lowest BCUT2D eigenvalue weighted by molar-refractivity contribution is 0.770. The maximum Gasteiger partial charge on any atom is 0.0787 e. The van der Waals surface area contributed by atoms with Crippen LogP contribution in [0, 0.1) is 0 Å². The number of pyridine rings is 1. The molecule has 2 nitrogen and oxygen atoms in total. The predicted molar refractivity (Wildman–Crippen MR) is 282 cm³/mol. The monoisotopic (exact) mass is 852 g/mol. The SMILES string of the molecule is C=C(/C=C\C=C/C)C1(c2ccccc2)c2ccccc2-c2ccc(-c3ccc4c(c3)c3cc(-c5cccc(-c6ncc7cccc8c7c6-c6ccccc6-8)c5)ccc3n4-c3ccccc3)cc21. The van der Waals surface area contributed by atoms with Crippen molar-refractivity contribution in [3.63, 3.8) is 0 Å². The minimum Gasteiger partial charge on any atom is -0.309 e. The van der Waals surface area contributed by atoms with Gasteiger partial charge in [-0.05, 0) is 128 Å². The zero-order valence-electron chi connectivity index (χ0n) is 37.1. The molecule has 0 aliphatic heterocycles. The first-order valence-electron chi connectivity index (χ1n) is 23.2. The Bertz CT molecular complexity index is 3880. The molecule has 1 atom stereocenters. The van der Waals surface area contributed by atoms with E-state index in [1.54, 1.807) is 0 Å². The van der Waals surface area contributed by atoms with Crippen molar-refractivity contribution in [2.75, 3.05) is 0 Å². The van der Waals surface area contributed by atoms with Crippen LogP contribution in [0.4, 0.5) is 0 Å². The average molecular weight is 853 g/mol. The summed E-state index contributed by atoms with van der Waals surface area (Å²) in [4.78, 5) is 5.15. The maximum absolute atomic E-state index is 5.15. The molecule has 9 aromatic carbocycles. The minimum absolute atomic E-state index is 0.565. The van der Waals surface area contributed by atoms with Crippen LogP contribution < -0.4 is 0 Å². The standard InChI is InChI=1S/C65H44N2/c1-3-4-7-18-42(2)65(49-22-8-5-9-23-49)58-30-15-14-27-52(58)53-34-31-46(40-59(53)65)45-33-36-61-57(39-45)56-38-44(32-35-60(56)67(61)50-24-10-6-11-25-50)43-19-16-20-47(37-43)64-63-55-28-13-12-26-51(55)54-29-17-21-48(41-66-64)62(54)63/h3-41H,2H2,1H3/b4-3-,18-7-. The first-order valence-corrected chi connectivity index (χ1v) is 23.2. The highest BCUT2D eigenvalue weighted by Gasteiger charge is 2.46. The fourth-order valence-electron chi connectivity index (χ4n) is 11.4. The van der Waals surface area contributed by atoms with E-state index in [1.807, 2.05) is 13.1 Å². The van der Waals surface area contributed by atoms with Gasteiger partial charge in [0, 0.05) is 44.6 Å². The van der Waals surface area contributed by atoms with Gasteiger partial charge >= 0.3 is 0 Å². The molecule has 314 valence electrons. The molecule has 1 unspecified atom stereocenters. The third-order valence-corrected chi connectivity index (χ3v) is 14.3. The van der Waals surface area contributed by atoms with Gasteiger partial charge in [0.25, 0.3) is 0 Å². The van der Waals surface area contributed by atoms with Crippen molar-refractivity contribution in [3.8, 4) is 72.6 Å². The molecule has 0 radical (unpaired) electrons. The number of rotatable bonds is 8. The highest BCUT2D eigenvalue weighted by atomic mass is 15.0. The molecule has 0 saturated heterocycles. The number of nitrogens with zero attached hydrogens (tertiary/aromatic N) is 2. The second-order valence-corrected chi connectivity index (χ2v) is 17.8. The Balaban J connectivity index is 0.982. The van der Waals surface area contributed by atoms with Crippen molar-refractivity contribution in [2.45, 2.75) is 12.3 Å². The van der Waals surface area contributed by atoms with E-state index in [1.165, 1.54) is 93.8 Å². The quantitative estimate of drug-likeness (QED) is 0.139. The summed E-state index contributed by atoms with van der Waals surface area (Å²) in [6.45, 7) is 6.87. The molecule has 2 aliphatic rings. The molecule has 11 aromatic rings. The normalized spacial score (nSPS) is 14.6. The third-order valence-electron chi connectivity index (χ3n) is 14.3. The van der Waals surface area contributed by atoms with Crippen LogP contribution in [0.5, 0.6) is 0 Å². The van der Waals surface area contributed by atoms with Gasteiger partial charge in [-0.3, -0.25) is 4.98 Å². The van der Waals surface area contributed by atoms with Gasteiger partial charge < -0.3 is 4.57 Å². The highest BCUT2D eigenvalue weighted by molar-refractivity contribution is 6.18. The van der Waals surface area contributed by atoms with Crippen molar-refractivity contribution in [1.82, 2.24) is 9.55 Å². The van der Waals surface area contributed by atoms with Crippen molar-refractivity contribution in [2.24, 2.45) is 0 Å². The van der Waals surface area contributed by atoms with Crippen LogP contribution in [0.2, 0.25) is 0 Å². The van der Waals surface area contributed by atoms with Crippen LogP contribution in [0.25, 0.3) is 105 Å². The Morgan fingerprint density at radius 2 is 1.09 bits per heavy atom. The van der Waals surface area contributed by atoms with Gasteiger partial charge in [0.15, 0.2) is 0 Å². The zero-order valence-corrected chi connectivity index (χ0v) is 37.1. The lowest BCUT2D eigenvalue weighted by Crippen LogP contribution is -2.28. The Labute approximate surface area is 390 Å². The fourth-order valence-corrected chi connectivity index (χ4v) is 11.4. The zero-order chi connectivity index (χ0) is 44.6. The number of hydrogen-bond donors (Lipinski definition) is 0. The van der Waals surface area contributed by atoms with Crippen LogP contribution in [-0.4, -0.2) is 9.55 Å². The van der Waals surface area contributed by atoms with Gasteiger partial charge in [-0.15, -0.1) is 0 Å². The molecule has 2 aliphatic carbocycles. The molecule has 13 rings (SSSR count). The highest BCUT2D eigenvalue weighted by Crippen LogP contribution is 2.57. The van der Waals surface area contributed by atoms with Crippen LogP contribution in [0.15, 0.2) is 249 Å². The summed E-state index contributed by atoms with van der Waals surface area (Å²) in [5, 5.41) is 4.88. The van der Waals surface area contributed by atoms with Gasteiger partial charge in [-0.1, -0.05) is 189 Å². The molecule has 0 amide bonds. The molecule has 0 fully saturated rings. The molecule has 0 N–H and O–H groups in total. The Hall–Kier alpha value is -8.59. The number of para-hydroxylation sites is 1. The molecular weight excluding hydrogens is 809 g/mol. The molecule has 0 saturated carbocycles. The van der Waals surface area contributed by atoms with Gasteiger partial charge in [0.05, 0.1) is 22.1 Å². The van der Waals surface area contributed by atoms with Crippen molar-refractivity contribution >= 4 is 32.6 Å². The summed E-state index contributed by atoms with van der Waals surface area (Å²) in [5.74, 6) is 0. The first kappa shape index (κ1) is 38.8. The van der Waals surface area contributed by atoms with E-state index in [0.29, 0.717) is 0 Å². The minimum atomic E-state index is -0.565. The van der Waals surface area contributed by atoms with Crippen molar-refractivity contribution < 1.29 is 0 Å². The van der Waals surface area contributed by atoms with E-state index in [9.17, 15) is 0 Å². The molecule has 2 heteroatoms. The lowest BCUT2D eigenvalue weighted by Gasteiger charge is -2.34. The Morgan fingerprint density at radius 1 is 0.493 bits per heavy atom. The van der Waals surface area contributed by atoms with E-state index in [2.05, 4.69) is 235 Å². The molecule has 0 bridgehead atoms. The number of allylic oxidation sites excluding steroid dienone is 5. The van der Waals surface area contributed by atoms with Crippen LogP contribution in [0.1, 0.15) is 23.6 Å². The molecule has 67 heavy (non-hydrogen) atoms. The smallest absolute Gasteiger partial charge is 0.0787 e. The summed E-state index contributed by atoms with van der Waals surface area (Å²) in [7, 11) is 0.